The van der Waals surface area contributed by atoms with Gasteiger partial charge in [0.2, 0.25) is 11.8 Å². The number of piperidine rings is 1. The summed E-state index contributed by atoms with van der Waals surface area (Å²) in [5.74, 6) is 0.377. The smallest absolute Gasteiger partial charge is 0.237 e. The molecule has 124 valence electrons. The standard InChI is InChI=1S/C16H27N3O3/c1-3-6-17-15(20)13(2)18-7-4-14(5-8-18)16(21)19-9-11-22-12-10-19/h3,13-14H,1,4-12H2,2H3,(H,17,20). The van der Waals surface area contributed by atoms with Crippen LogP contribution in [0.1, 0.15) is 19.8 Å². The molecule has 2 saturated heterocycles. The van der Waals surface area contributed by atoms with E-state index in [1.165, 1.54) is 0 Å². The normalized spacial score (nSPS) is 22.1. The Balaban J connectivity index is 1.78. The predicted octanol–water partition coefficient (Wildman–Crippen LogP) is 0.248. The largest absolute Gasteiger partial charge is 0.378 e. The van der Waals surface area contributed by atoms with Gasteiger partial charge in [-0.25, -0.2) is 0 Å². The molecule has 22 heavy (non-hydrogen) atoms. The summed E-state index contributed by atoms with van der Waals surface area (Å²) in [6.07, 6.45) is 3.34. The highest BCUT2D eigenvalue weighted by Gasteiger charge is 2.32. The average molecular weight is 309 g/mol. The summed E-state index contributed by atoms with van der Waals surface area (Å²) in [5.41, 5.74) is 0. The number of rotatable bonds is 5. The van der Waals surface area contributed by atoms with Crippen LogP contribution in [0.4, 0.5) is 0 Å². The molecule has 0 saturated carbocycles. The number of nitrogens with zero attached hydrogens (tertiary/aromatic N) is 2. The molecule has 0 aromatic heterocycles. The maximum absolute atomic E-state index is 12.5. The van der Waals surface area contributed by atoms with Gasteiger partial charge in [0.25, 0.3) is 0 Å². The van der Waals surface area contributed by atoms with Crippen LogP contribution in [0.2, 0.25) is 0 Å². The molecule has 0 aliphatic carbocycles. The topological polar surface area (TPSA) is 61.9 Å². The molecule has 1 atom stereocenters. The lowest BCUT2D eigenvalue weighted by Crippen LogP contribution is -2.51. The zero-order valence-corrected chi connectivity index (χ0v) is 13.4. The molecule has 2 fully saturated rings. The van der Waals surface area contributed by atoms with Crippen LogP contribution >= 0.6 is 0 Å². The minimum Gasteiger partial charge on any atom is -0.378 e. The number of hydrogen-bond donors (Lipinski definition) is 1. The molecule has 2 rings (SSSR count). The maximum Gasteiger partial charge on any atom is 0.237 e. The summed E-state index contributed by atoms with van der Waals surface area (Å²) in [6.45, 7) is 10.3. The van der Waals surface area contributed by atoms with Crippen molar-refractivity contribution in [2.75, 3.05) is 45.9 Å². The number of carbonyl (C=O) groups excluding carboxylic acids is 2. The van der Waals surface area contributed by atoms with Gasteiger partial charge in [0.1, 0.15) is 0 Å². The van der Waals surface area contributed by atoms with E-state index in [0.717, 1.165) is 25.9 Å². The van der Waals surface area contributed by atoms with E-state index in [0.29, 0.717) is 32.8 Å². The van der Waals surface area contributed by atoms with E-state index in [2.05, 4.69) is 16.8 Å². The Morgan fingerprint density at radius 3 is 2.50 bits per heavy atom. The molecule has 2 amide bonds. The molecule has 1 unspecified atom stereocenters. The first kappa shape index (κ1) is 17.0. The Morgan fingerprint density at radius 1 is 1.27 bits per heavy atom. The number of nitrogens with one attached hydrogen (secondary N) is 1. The van der Waals surface area contributed by atoms with Crippen LogP contribution in [-0.4, -0.2) is 73.6 Å². The zero-order valence-electron chi connectivity index (χ0n) is 13.4. The minimum absolute atomic E-state index is 0.0258. The Hall–Kier alpha value is -1.40. The quantitative estimate of drug-likeness (QED) is 0.740. The Bertz CT molecular complexity index is 399. The summed E-state index contributed by atoms with van der Waals surface area (Å²) < 4.78 is 5.29. The summed E-state index contributed by atoms with van der Waals surface area (Å²) in [7, 11) is 0. The van der Waals surface area contributed by atoms with Crippen LogP contribution in [-0.2, 0) is 14.3 Å². The fraction of sp³-hybridized carbons (Fsp3) is 0.750. The summed E-state index contributed by atoms with van der Waals surface area (Å²) in [4.78, 5) is 28.5. The van der Waals surface area contributed by atoms with E-state index in [-0.39, 0.29) is 23.8 Å². The molecule has 6 nitrogen and oxygen atoms in total. The van der Waals surface area contributed by atoms with Crippen LogP contribution in [0.3, 0.4) is 0 Å². The molecule has 6 heteroatoms. The highest BCUT2D eigenvalue weighted by molar-refractivity contribution is 5.81. The Labute approximate surface area is 132 Å². The SMILES string of the molecule is C=CCNC(=O)C(C)N1CCC(C(=O)N2CCOCC2)CC1. The van der Waals surface area contributed by atoms with E-state index in [4.69, 9.17) is 4.74 Å². The first-order valence-corrected chi connectivity index (χ1v) is 8.12. The number of ether oxygens (including phenoxy) is 1. The lowest BCUT2D eigenvalue weighted by Gasteiger charge is -2.37. The maximum atomic E-state index is 12.5. The van der Waals surface area contributed by atoms with Crippen molar-refractivity contribution in [1.82, 2.24) is 15.1 Å². The number of amides is 2. The molecule has 0 aromatic rings. The van der Waals surface area contributed by atoms with Gasteiger partial charge >= 0.3 is 0 Å². The molecular weight excluding hydrogens is 282 g/mol. The van der Waals surface area contributed by atoms with Crippen molar-refractivity contribution in [2.45, 2.75) is 25.8 Å². The van der Waals surface area contributed by atoms with Crippen molar-refractivity contribution in [3.05, 3.63) is 12.7 Å². The second-order valence-corrected chi connectivity index (χ2v) is 5.96. The van der Waals surface area contributed by atoms with E-state index in [1.807, 2.05) is 11.8 Å². The van der Waals surface area contributed by atoms with Gasteiger partial charge in [-0.05, 0) is 32.9 Å². The van der Waals surface area contributed by atoms with Crippen LogP contribution in [0, 0.1) is 5.92 Å². The lowest BCUT2D eigenvalue weighted by atomic mass is 9.94. The third kappa shape index (κ3) is 4.30. The minimum atomic E-state index is -0.153. The summed E-state index contributed by atoms with van der Waals surface area (Å²) in [5, 5.41) is 2.83. The van der Waals surface area contributed by atoms with Crippen LogP contribution in [0.15, 0.2) is 12.7 Å². The summed E-state index contributed by atoms with van der Waals surface area (Å²) in [6, 6.07) is -0.153. The average Bonchev–Trinajstić information content (AvgIpc) is 2.59. The van der Waals surface area contributed by atoms with Crippen LogP contribution in [0.5, 0.6) is 0 Å². The van der Waals surface area contributed by atoms with Crippen molar-refractivity contribution in [2.24, 2.45) is 5.92 Å². The van der Waals surface area contributed by atoms with Gasteiger partial charge in [-0.1, -0.05) is 6.08 Å². The lowest BCUT2D eigenvalue weighted by molar-refractivity contribution is -0.141. The second-order valence-electron chi connectivity index (χ2n) is 5.96. The van der Waals surface area contributed by atoms with Gasteiger partial charge in [0, 0.05) is 25.6 Å². The van der Waals surface area contributed by atoms with Crippen molar-refractivity contribution in [3.8, 4) is 0 Å². The van der Waals surface area contributed by atoms with Gasteiger partial charge < -0.3 is 15.0 Å². The highest BCUT2D eigenvalue weighted by Crippen LogP contribution is 2.21. The number of likely N-dealkylation sites (tertiary alicyclic amines) is 1. The first-order valence-electron chi connectivity index (χ1n) is 8.12. The van der Waals surface area contributed by atoms with Crippen molar-refractivity contribution in [1.29, 1.82) is 0 Å². The van der Waals surface area contributed by atoms with Gasteiger partial charge in [0.05, 0.1) is 19.3 Å². The molecule has 0 aromatic carbocycles. The monoisotopic (exact) mass is 309 g/mol. The molecule has 0 spiro atoms. The first-order chi connectivity index (χ1) is 10.6. The van der Waals surface area contributed by atoms with Gasteiger partial charge in [-0.15, -0.1) is 6.58 Å². The van der Waals surface area contributed by atoms with Gasteiger partial charge in [0.15, 0.2) is 0 Å². The third-order valence-corrected chi connectivity index (χ3v) is 4.55. The predicted molar refractivity (Wildman–Crippen MR) is 84.4 cm³/mol. The molecule has 2 heterocycles. The number of morpholine rings is 1. The number of hydrogen-bond acceptors (Lipinski definition) is 4. The molecule has 0 radical (unpaired) electrons. The fourth-order valence-electron chi connectivity index (χ4n) is 3.06. The van der Waals surface area contributed by atoms with E-state index in [9.17, 15) is 9.59 Å². The van der Waals surface area contributed by atoms with Crippen LogP contribution in [0.25, 0.3) is 0 Å². The molecule has 2 aliphatic rings. The Morgan fingerprint density at radius 2 is 1.91 bits per heavy atom. The van der Waals surface area contributed by atoms with Gasteiger partial charge in [-0.3, -0.25) is 14.5 Å². The van der Waals surface area contributed by atoms with E-state index < -0.39 is 0 Å². The molecular formula is C16H27N3O3. The molecule has 2 aliphatic heterocycles. The number of carbonyl (C=O) groups is 2. The summed E-state index contributed by atoms with van der Waals surface area (Å²) >= 11 is 0. The van der Waals surface area contributed by atoms with E-state index >= 15 is 0 Å². The fourth-order valence-corrected chi connectivity index (χ4v) is 3.06. The van der Waals surface area contributed by atoms with E-state index in [1.54, 1.807) is 6.08 Å². The van der Waals surface area contributed by atoms with Crippen LogP contribution < -0.4 is 5.32 Å². The molecule has 1 N–H and O–H groups in total. The highest BCUT2D eigenvalue weighted by atomic mass is 16.5. The van der Waals surface area contributed by atoms with Crippen molar-refractivity contribution < 1.29 is 14.3 Å². The zero-order chi connectivity index (χ0) is 15.9. The Kier molecular flexibility index (Phi) is 6.39. The second kappa shape index (κ2) is 8.29. The van der Waals surface area contributed by atoms with Gasteiger partial charge in [-0.2, -0.15) is 0 Å². The third-order valence-electron chi connectivity index (χ3n) is 4.55. The van der Waals surface area contributed by atoms with Crippen molar-refractivity contribution >= 4 is 11.8 Å². The molecule has 0 bridgehead atoms. The van der Waals surface area contributed by atoms with Crippen molar-refractivity contribution in [3.63, 3.8) is 0 Å².